The lowest BCUT2D eigenvalue weighted by Gasteiger charge is -2.06. The summed E-state index contributed by atoms with van der Waals surface area (Å²) >= 11 is 3.06. The minimum absolute atomic E-state index is 0.0990. The molecule has 0 bridgehead atoms. The van der Waals surface area contributed by atoms with E-state index in [0.717, 1.165) is 0 Å². The van der Waals surface area contributed by atoms with Crippen molar-refractivity contribution in [1.29, 1.82) is 0 Å². The zero-order chi connectivity index (χ0) is 9.30. The van der Waals surface area contributed by atoms with Gasteiger partial charge in [0.15, 0.2) is 11.6 Å². The molecule has 0 aliphatic heterocycles. The first kappa shape index (κ1) is 9.45. The van der Waals surface area contributed by atoms with Crippen molar-refractivity contribution in [3.8, 4) is 5.75 Å². The summed E-state index contributed by atoms with van der Waals surface area (Å²) in [6, 6.07) is 1.47. The van der Waals surface area contributed by atoms with Gasteiger partial charge in [-0.1, -0.05) is 0 Å². The minimum Gasteiger partial charge on any atom is -0.492 e. The zero-order valence-electron chi connectivity index (χ0n) is 6.62. The van der Waals surface area contributed by atoms with Crippen LogP contribution in [-0.2, 0) is 0 Å². The second-order valence-corrected chi connectivity index (χ2v) is 3.19. The molecule has 1 aromatic rings. The van der Waals surface area contributed by atoms with Gasteiger partial charge in [0.2, 0.25) is 5.82 Å². The summed E-state index contributed by atoms with van der Waals surface area (Å²) in [6.45, 7) is 1.49. The predicted molar refractivity (Wildman–Crippen MR) is 45.3 cm³/mol. The normalized spacial score (nSPS) is 10.1. The second kappa shape index (κ2) is 3.39. The summed E-state index contributed by atoms with van der Waals surface area (Å²) in [6.07, 6.45) is 0. The largest absolute Gasteiger partial charge is 0.492 e. The molecule has 0 aromatic heterocycles. The van der Waals surface area contributed by atoms with Crippen molar-refractivity contribution in [1.82, 2.24) is 0 Å². The molecular formula is C8H7BrF2O. The highest BCUT2D eigenvalue weighted by atomic mass is 79.9. The third kappa shape index (κ3) is 1.43. The molecule has 0 heterocycles. The van der Waals surface area contributed by atoms with Crippen molar-refractivity contribution < 1.29 is 13.5 Å². The van der Waals surface area contributed by atoms with E-state index in [4.69, 9.17) is 0 Å². The summed E-state index contributed by atoms with van der Waals surface area (Å²) in [7, 11) is 1.29. The van der Waals surface area contributed by atoms with Crippen LogP contribution in [0.2, 0.25) is 0 Å². The predicted octanol–water partition coefficient (Wildman–Crippen LogP) is 3.04. The summed E-state index contributed by atoms with van der Waals surface area (Å²) in [5.41, 5.74) is 0.250. The highest BCUT2D eigenvalue weighted by Crippen LogP contribution is 2.31. The van der Waals surface area contributed by atoms with Gasteiger partial charge in [0, 0.05) is 0 Å². The first-order chi connectivity index (χ1) is 5.57. The maximum Gasteiger partial charge on any atom is 0.202 e. The Morgan fingerprint density at radius 2 is 1.92 bits per heavy atom. The highest BCUT2D eigenvalue weighted by Gasteiger charge is 2.15. The van der Waals surface area contributed by atoms with Gasteiger partial charge in [-0.2, -0.15) is 4.39 Å². The topological polar surface area (TPSA) is 9.23 Å². The van der Waals surface area contributed by atoms with Crippen LogP contribution in [0.1, 0.15) is 5.56 Å². The Hall–Kier alpha value is -0.640. The number of benzene rings is 1. The molecule has 1 aromatic carbocycles. The first-order valence-electron chi connectivity index (χ1n) is 3.26. The summed E-state index contributed by atoms with van der Waals surface area (Å²) in [5.74, 6) is -1.92. The van der Waals surface area contributed by atoms with Crippen molar-refractivity contribution in [2.45, 2.75) is 6.92 Å². The van der Waals surface area contributed by atoms with E-state index in [1.54, 1.807) is 0 Å². The molecule has 0 N–H and O–H groups in total. The zero-order valence-corrected chi connectivity index (χ0v) is 8.21. The van der Waals surface area contributed by atoms with Crippen LogP contribution in [0.4, 0.5) is 8.78 Å². The van der Waals surface area contributed by atoms with E-state index in [1.165, 1.54) is 20.1 Å². The molecule has 12 heavy (non-hydrogen) atoms. The van der Waals surface area contributed by atoms with Gasteiger partial charge in [-0.3, -0.25) is 0 Å². The number of halogens is 3. The number of rotatable bonds is 1. The van der Waals surface area contributed by atoms with Crippen LogP contribution < -0.4 is 4.74 Å². The molecule has 0 fully saturated rings. The van der Waals surface area contributed by atoms with E-state index in [2.05, 4.69) is 20.7 Å². The van der Waals surface area contributed by atoms with E-state index in [1.807, 2.05) is 0 Å². The molecule has 0 atom stereocenters. The van der Waals surface area contributed by atoms with Crippen molar-refractivity contribution in [3.05, 3.63) is 27.7 Å². The van der Waals surface area contributed by atoms with Gasteiger partial charge in [0.1, 0.15) is 0 Å². The second-order valence-electron chi connectivity index (χ2n) is 2.34. The van der Waals surface area contributed by atoms with Crippen molar-refractivity contribution in [3.63, 3.8) is 0 Å². The molecule has 0 aliphatic rings. The molecule has 0 unspecified atom stereocenters. The molecule has 0 saturated carbocycles. The van der Waals surface area contributed by atoms with Gasteiger partial charge in [-0.25, -0.2) is 4.39 Å². The lowest BCUT2D eigenvalue weighted by atomic mass is 10.2. The van der Waals surface area contributed by atoms with Crippen LogP contribution >= 0.6 is 15.9 Å². The maximum atomic E-state index is 13.0. The van der Waals surface area contributed by atoms with Crippen LogP contribution in [0.5, 0.6) is 5.75 Å². The number of methoxy groups -OCH3 is 1. The Balaban J connectivity index is 3.40. The van der Waals surface area contributed by atoms with Gasteiger partial charge in [-0.15, -0.1) is 0 Å². The van der Waals surface area contributed by atoms with E-state index in [-0.39, 0.29) is 11.3 Å². The van der Waals surface area contributed by atoms with Crippen LogP contribution in [0.25, 0.3) is 0 Å². The molecule has 1 rings (SSSR count). The van der Waals surface area contributed by atoms with E-state index < -0.39 is 11.6 Å². The smallest absolute Gasteiger partial charge is 0.202 e. The molecule has 0 saturated heterocycles. The molecular weight excluding hydrogens is 230 g/mol. The fourth-order valence-corrected chi connectivity index (χ4v) is 1.56. The van der Waals surface area contributed by atoms with E-state index in [9.17, 15) is 8.78 Å². The van der Waals surface area contributed by atoms with Gasteiger partial charge < -0.3 is 4.74 Å². The average molecular weight is 237 g/mol. The number of ether oxygens (including phenoxy) is 1. The van der Waals surface area contributed by atoms with Gasteiger partial charge in [0.05, 0.1) is 11.6 Å². The number of hydrogen-bond acceptors (Lipinski definition) is 1. The fraction of sp³-hybridized carbons (Fsp3) is 0.250. The lowest BCUT2D eigenvalue weighted by Crippen LogP contribution is -1.95. The molecule has 66 valence electrons. The molecule has 0 aliphatic carbocycles. The Kier molecular flexibility index (Phi) is 2.67. The first-order valence-corrected chi connectivity index (χ1v) is 4.05. The number of hydrogen-bond donors (Lipinski definition) is 0. The monoisotopic (exact) mass is 236 g/mol. The fourth-order valence-electron chi connectivity index (χ4n) is 0.884. The number of aryl methyl sites for hydroxylation is 1. The Morgan fingerprint density at radius 1 is 1.33 bits per heavy atom. The molecule has 0 amide bonds. The van der Waals surface area contributed by atoms with Crippen LogP contribution in [0, 0.1) is 18.6 Å². The van der Waals surface area contributed by atoms with E-state index >= 15 is 0 Å². The molecule has 1 nitrogen and oxygen atoms in total. The molecule has 0 spiro atoms. The Bertz CT molecular complexity index is 312. The maximum absolute atomic E-state index is 13.0. The molecule has 0 radical (unpaired) electrons. The van der Waals surface area contributed by atoms with E-state index in [0.29, 0.717) is 4.47 Å². The van der Waals surface area contributed by atoms with Gasteiger partial charge in [-0.05, 0) is 34.5 Å². The Labute approximate surface area is 77.5 Å². The third-order valence-electron chi connectivity index (χ3n) is 1.50. The van der Waals surface area contributed by atoms with Crippen LogP contribution in [0.15, 0.2) is 10.5 Å². The standard InChI is InChI=1S/C8H7BrF2O/c1-4-3-5(9)8(12-2)7(11)6(4)10/h3H,1-2H3. The SMILES string of the molecule is COc1c(Br)cc(C)c(F)c1F. The van der Waals surface area contributed by atoms with Gasteiger partial charge >= 0.3 is 0 Å². The minimum atomic E-state index is -0.954. The summed E-state index contributed by atoms with van der Waals surface area (Å²) < 4.78 is 30.9. The Morgan fingerprint density at radius 3 is 2.42 bits per heavy atom. The summed E-state index contributed by atoms with van der Waals surface area (Å²) in [5, 5.41) is 0. The third-order valence-corrected chi connectivity index (χ3v) is 2.09. The lowest BCUT2D eigenvalue weighted by molar-refractivity contribution is 0.368. The van der Waals surface area contributed by atoms with Crippen molar-refractivity contribution >= 4 is 15.9 Å². The van der Waals surface area contributed by atoms with Gasteiger partial charge in [0.25, 0.3) is 0 Å². The molecule has 4 heteroatoms. The quantitative estimate of drug-likeness (QED) is 0.682. The van der Waals surface area contributed by atoms with Crippen molar-refractivity contribution in [2.75, 3.05) is 7.11 Å². The van der Waals surface area contributed by atoms with Crippen molar-refractivity contribution in [2.24, 2.45) is 0 Å². The summed E-state index contributed by atoms with van der Waals surface area (Å²) in [4.78, 5) is 0. The highest BCUT2D eigenvalue weighted by molar-refractivity contribution is 9.10. The van der Waals surface area contributed by atoms with Crippen LogP contribution in [0.3, 0.4) is 0 Å². The van der Waals surface area contributed by atoms with Crippen LogP contribution in [-0.4, -0.2) is 7.11 Å². The average Bonchev–Trinajstić information content (AvgIpc) is 2.01.